The highest BCUT2D eigenvalue weighted by atomic mass is 79.9. The Balaban J connectivity index is 2.08. The van der Waals surface area contributed by atoms with Gasteiger partial charge in [-0.3, -0.25) is 0 Å². The van der Waals surface area contributed by atoms with Gasteiger partial charge in [0.25, 0.3) is 0 Å². The number of carbonyl (C=O) groups is 1. The topological polar surface area (TPSA) is 38.3 Å². The van der Waals surface area contributed by atoms with Gasteiger partial charge >= 0.3 is 5.97 Å². The lowest BCUT2D eigenvalue weighted by molar-refractivity contribution is 0.0601. The number of thiophene rings is 1. The zero-order valence-corrected chi connectivity index (χ0v) is 13.4. The molecule has 1 aromatic carbocycles. The summed E-state index contributed by atoms with van der Waals surface area (Å²) < 4.78 is 6.82. The van der Waals surface area contributed by atoms with Crippen molar-refractivity contribution in [3.05, 3.63) is 39.2 Å². The molecule has 1 aliphatic rings. The fourth-order valence-electron chi connectivity index (χ4n) is 2.32. The van der Waals surface area contributed by atoms with Crippen LogP contribution in [-0.4, -0.2) is 26.2 Å². The molecule has 0 aliphatic carbocycles. The molecule has 0 amide bonds. The summed E-state index contributed by atoms with van der Waals surface area (Å²) in [6.45, 7) is 1.96. The van der Waals surface area contributed by atoms with E-state index in [2.05, 4.69) is 33.4 Å². The normalized spacial score (nSPS) is 15.2. The van der Waals surface area contributed by atoms with Crippen molar-refractivity contribution < 1.29 is 9.53 Å². The minimum Gasteiger partial charge on any atom is -0.465 e. The van der Waals surface area contributed by atoms with Crippen LogP contribution in [0.15, 0.2) is 28.7 Å². The molecule has 0 bridgehead atoms. The summed E-state index contributed by atoms with van der Waals surface area (Å²) in [7, 11) is 1.40. The molecule has 1 aliphatic heterocycles. The molecule has 0 radical (unpaired) electrons. The van der Waals surface area contributed by atoms with Crippen LogP contribution < -0.4 is 5.32 Å². The van der Waals surface area contributed by atoms with Crippen molar-refractivity contribution in [1.29, 1.82) is 0 Å². The van der Waals surface area contributed by atoms with Crippen molar-refractivity contribution in [3.63, 3.8) is 0 Å². The molecule has 3 rings (SSSR count). The first kappa shape index (κ1) is 13.8. The maximum absolute atomic E-state index is 11.7. The maximum atomic E-state index is 11.7. The summed E-state index contributed by atoms with van der Waals surface area (Å²) in [5.41, 5.74) is 1.92. The number of rotatable bonds is 2. The van der Waals surface area contributed by atoms with Crippen molar-refractivity contribution in [2.45, 2.75) is 6.42 Å². The average molecular weight is 352 g/mol. The molecule has 0 spiro atoms. The Kier molecular flexibility index (Phi) is 3.92. The van der Waals surface area contributed by atoms with E-state index < -0.39 is 0 Å². The predicted octanol–water partition coefficient (Wildman–Crippen LogP) is 3.83. The number of methoxy groups -OCH3 is 1. The Morgan fingerprint density at radius 1 is 1.40 bits per heavy atom. The molecule has 1 aromatic heterocycles. The van der Waals surface area contributed by atoms with Crippen LogP contribution in [0.4, 0.5) is 0 Å². The highest BCUT2D eigenvalue weighted by Crippen LogP contribution is 2.36. The van der Waals surface area contributed by atoms with Crippen LogP contribution in [0.5, 0.6) is 0 Å². The molecule has 0 atom stereocenters. The van der Waals surface area contributed by atoms with E-state index in [-0.39, 0.29) is 5.97 Å². The summed E-state index contributed by atoms with van der Waals surface area (Å²) in [4.78, 5) is 12.9. The Morgan fingerprint density at radius 3 is 2.95 bits per heavy atom. The number of hydrogen-bond acceptors (Lipinski definition) is 4. The van der Waals surface area contributed by atoms with Crippen LogP contribution in [0.1, 0.15) is 21.7 Å². The van der Waals surface area contributed by atoms with Crippen LogP contribution in [0.3, 0.4) is 0 Å². The standard InChI is InChI=1S/C15H14BrNO2S/c1-19-15(18)10-5-12(16)11-7-13(20-14(11)6-10)9-3-2-4-17-8-9/h3,5-7,17H,2,4,8H2,1H3. The van der Waals surface area contributed by atoms with Crippen LogP contribution in [-0.2, 0) is 4.74 Å². The highest BCUT2D eigenvalue weighted by Gasteiger charge is 2.14. The van der Waals surface area contributed by atoms with Gasteiger partial charge in [0.15, 0.2) is 0 Å². The summed E-state index contributed by atoms with van der Waals surface area (Å²) >= 11 is 5.26. The number of carbonyl (C=O) groups excluding carboxylic acids is 1. The van der Waals surface area contributed by atoms with Gasteiger partial charge in [0.1, 0.15) is 0 Å². The number of benzene rings is 1. The van der Waals surface area contributed by atoms with Crippen molar-refractivity contribution in [3.8, 4) is 0 Å². The van der Waals surface area contributed by atoms with E-state index in [9.17, 15) is 4.79 Å². The molecule has 3 nitrogen and oxygen atoms in total. The second kappa shape index (κ2) is 5.68. The van der Waals surface area contributed by atoms with Crippen LogP contribution in [0, 0.1) is 0 Å². The van der Waals surface area contributed by atoms with Gasteiger partial charge in [-0.25, -0.2) is 4.79 Å². The van der Waals surface area contributed by atoms with Gasteiger partial charge in [0, 0.05) is 26.0 Å². The Hall–Kier alpha value is -1.17. The minimum atomic E-state index is -0.305. The molecule has 5 heteroatoms. The van der Waals surface area contributed by atoms with Crippen molar-refractivity contribution >= 4 is 48.9 Å². The van der Waals surface area contributed by atoms with Crippen molar-refractivity contribution in [1.82, 2.24) is 5.32 Å². The van der Waals surface area contributed by atoms with Crippen LogP contribution in [0.25, 0.3) is 15.7 Å². The molecule has 0 unspecified atom stereocenters. The third-order valence-electron chi connectivity index (χ3n) is 3.35. The maximum Gasteiger partial charge on any atom is 0.337 e. The minimum absolute atomic E-state index is 0.305. The monoisotopic (exact) mass is 351 g/mol. The third kappa shape index (κ3) is 2.53. The quantitative estimate of drug-likeness (QED) is 0.835. The van der Waals surface area contributed by atoms with E-state index in [1.165, 1.54) is 17.6 Å². The number of fused-ring (bicyclic) bond motifs is 1. The van der Waals surface area contributed by atoms with Gasteiger partial charge in [0.05, 0.1) is 12.7 Å². The number of esters is 1. The zero-order valence-electron chi connectivity index (χ0n) is 11.0. The summed E-state index contributed by atoms with van der Waals surface area (Å²) in [5, 5.41) is 4.53. The second-order valence-corrected chi connectivity index (χ2v) is 6.61. The van der Waals surface area contributed by atoms with Gasteiger partial charge in [-0.05, 0) is 36.7 Å². The van der Waals surface area contributed by atoms with Gasteiger partial charge in [-0.1, -0.05) is 22.0 Å². The van der Waals surface area contributed by atoms with E-state index in [4.69, 9.17) is 4.74 Å². The fourth-order valence-corrected chi connectivity index (χ4v) is 4.19. The molecular formula is C15H14BrNO2S. The van der Waals surface area contributed by atoms with Crippen LogP contribution >= 0.6 is 27.3 Å². The Bertz CT molecular complexity index is 705. The lowest BCUT2D eigenvalue weighted by atomic mass is 10.1. The summed E-state index contributed by atoms with van der Waals surface area (Å²) in [6.07, 6.45) is 3.36. The van der Waals surface area contributed by atoms with Gasteiger partial charge in [-0.2, -0.15) is 0 Å². The number of halogens is 1. The lowest BCUT2D eigenvalue weighted by Crippen LogP contribution is -2.20. The van der Waals surface area contributed by atoms with Gasteiger partial charge in [-0.15, -0.1) is 11.3 Å². The largest absolute Gasteiger partial charge is 0.465 e. The molecule has 1 N–H and O–H groups in total. The van der Waals surface area contributed by atoms with Crippen molar-refractivity contribution in [2.24, 2.45) is 0 Å². The van der Waals surface area contributed by atoms with E-state index in [0.29, 0.717) is 5.56 Å². The molecule has 104 valence electrons. The van der Waals surface area contributed by atoms with E-state index in [1.807, 2.05) is 12.1 Å². The molecule has 0 saturated carbocycles. The van der Waals surface area contributed by atoms with Crippen molar-refractivity contribution in [2.75, 3.05) is 20.2 Å². The first-order chi connectivity index (χ1) is 9.69. The number of hydrogen-bond donors (Lipinski definition) is 1. The third-order valence-corrected chi connectivity index (χ3v) is 5.17. The molecule has 0 saturated heterocycles. The first-order valence-electron chi connectivity index (χ1n) is 6.40. The van der Waals surface area contributed by atoms with E-state index in [0.717, 1.165) is 34.1 Å². The highest BCUT2D eigenvalue weighted by molar-refractivity contribution is 9.10. The van der Waals surface area contributed by atoms with E-state index >= 15 is 0 Å². The molecule has 2 heterocycles. The first-order valence-corrected chi connectivity index (χ1v) is 8.01. The average Bonchev–Trinajstić information content (AvgIpc) is 2.92. The van der Waals surface area contributed by atoms with Gasteiger partial charge in [0.2, 0.25) is 0 Å². The number of nitrogens with one attached hydrogen (secondary N) is 1. The number of ether oxygens (including phenoxy) is 1. The Morgan fingerprint density at radius 2 is 2.25 bits per heavy atom. The fraction of sp³-hybridized carbons (Fsp3) is 0.267. The summed E-state index contributed by atoms with van der Waals surface area (Å²) in [6, 6.07) is 5.90. The smallest absolute Gasteiger partial charge is 0.337 e. The van der Waals surface area contributed by atoms with E-state index in [1.54, 1.807) is 11.3 Å². The van der Waals surface area contributed by atoms with Gasteiger partial charge < -0.3 is 10.1 Å². The zero-order chi connectivity index (χ0) is 14.1. The predicted molar refractivity (Wildman–Crippen MR) is 86.3 cm³/mol. The summed E-state index contributed by atoms with van der Waals surface area (Å²) in [5.74, 6) is -0.305. The van der Waals surface area contributed by atoms with Crippen LogP contribution in [0.2, 0.25) is 0 Å². The molecular weight excluding hydrogens is 338 g/mol. The molecule has 2 aromatic rings. The SMILES string of the molecule is COC(=O)c1cc(Br)c2cc(C3=CCCNC3)sc2c1. The lowest BCUT2D eigenvalue weighted by Gasteiger charge is -2.12. The molecule has 0 fully saturated rings. The second-order valence-electron chi connectivity index (χ2n) is 4.67. The molecule has 20 heavy (non-hydrogen) atoms. The Labute approximate surface area is 129 Å².